The molecule has 8 rings (SSSR count). The highest BCUT2D eigenvalue weighted by molar-refractivity contribution is 6.36. The molecule has 0 spiro atoms. The smallest absolute Gasteiger partial charge is 0.438 e. The Morgan fingerprint density at radius 2 is 1.79 bits per heavy atom. The van der Waals surface area contributed by atoms with Crippen LogP contribution in [0.4, 0.5) is 13.2 Å². The van der Waals surface area contributed by atoms with Crippen molar-refractivity contribution in [3.05, 3.63) is 81.2 Å². The molecular formula is C40H38ClF3N8O6. The van der Waals surface area contributed by atoms with Crippen molar-refractivity contribution in [2.45, 2.75) is 57.2 Å². The molecule has 5 aromatic rings. The number of nitriles is 1. The standard InChI is InChI=1S/C40H38ClF3N8O6/c1-56-37-29(20-51-13-11-23(53)19-51)47-34(40(42,43)44)38(49-37)57-30-9-8-25-24(4-2-5-26(25)30)27-6-3-7-28(31(27)41)36-48-32-33(58-36)22(16-45)18-52(35(32)46)15-14-50-12-10-21(17-50)39(54)55/h2-7,18,21,23,30,46,53H,8-15,17,19-20H2,1H3,(H,54,55)/t21-,23-,30+/m1/s1. The minimum Gasteiger partial charge on any atom is -0.481 e. The van der Waals surface area contributed by atoms with Crippen LogP contribution in [-0.2, 0) is 30.5 Å². The van der Waals surface area contributed by atoms with Crippen molar-refractivity contribution < 1.29 is 42.1 Å². The molecule has 3 aliphatic rings. The monoisotopic (exact) mass is 818 g/mol. The number of likely N-dealkylation sites (tertiary alicyclic amines) is 2. The Morgan fingerprint density at radius 3 is 2.50 bits per heavy atom. The van der Waals surface area contributed by atoms with Crippen molar-refractivity contribution in [2.24, 2.45) is 5.92 Å². The summed E-state index contributed by atoms with van der Waals surface area (Å²) >= 11 is 7.09. The summed E-state index contributed by atoms with van der Waals surface area (Å²) in [7, 11) is 1.31. The first-order chi connectivity index (χ1) is 27.8. The van der Waals surface area contributed by atoms with Crippen LogP contribution in [-0.4, -0.2) is 91.4 Å². The number of fused-ring (bicyclic) bond motifs is 2. The highest BCUT2D eigenvalue weighted by atomic mass is 35.5. The third-order valence-electron chi connectivity index (χ3n) is 11.0. The topological polar surface area (TPSA) is 187 Å². The molecule has 58 heavy (non-hydrogen) atoms. The number of aliphatic carboxylic acids is 1. The minimum absolute atomic E-state index is 0.00407. The molecule has 5 heterocycles. The van der Waals surface area contributed by atoms with Crippen LogP contribution in [0.1, 0.15) is 53.4 Å². The second kappa shape index (κ2) is 15.7. The van der Waals surface area contributed by atoms with Gasteiger partial charge in [-0.15, -0.1) is 0 Å². The van der Waals surface area contributed by atoms with Crippen molar-refractivity contribution >= 4 is 28.7 Å². The number of hydrogen-bond acceptors (Lipinski definition) is 12. The van der Waals surface area contributed by atoms with Crippen LogP contribution in [0.2, 0.25) is 5.02 Å². The number of rotatable bonds is 11. The van der Waals surface area contributed by atoms with E-state index in [0.717, 1.165) is 11.1 Å². The van der Waals surface area contributed by atoms with E-state index in [1.807, 2.05) is 17.0 Å². The van der Waals surface area contributed by atoms with E-state index >= 15 is 0 Å². The Bertz CT molecular complexity index is 2520. The van der Waals surface area contributed by atoms with Gasteiger partial charge in [-0.3, -0.25) is 15.1 Å². The summed E-state index contributed by atoms with van der Waals surface area (Å²) in [6.07, 6.45) is -2.81. The molecule has 0 bridgehead atoms. The molecule has 0 radical (unpaired) electrons. The van der Waals surface area contributed by atoms with E-state index in [2.05, 4.69) is 21.0 Å². The van der Waals surface area contributed by atoms with Crippen LogP contribution in [0.25, 0.3) is 33.7 Å². The average molecular weight is 819 g/mol. The van der Waals surface area contributed by atoms with E-state index in [9.17, 15) is 33.4 Å². The molecule has 14 nitrogen and oxygen atoms in total. The SMILES string of the molecule is COc1nc(O[C@H]2CCc3c(-c4cccc(-c5nc6c(=N)n(CCN7CC[C@@H](C(=O)O)C7)cc(C#N)c6o5)c4Cl)cccc32)c(C(F)(F)F)nc1CN1CC[C@@H](O)C1. The zero-order chi connectivity index (χ0) is 40.9. The summed E-state index contributed by atoms with van der Waals surface area (Å²) in [5, 5.41) is 38.5. The fraction of sp³-hybridized carbons (Fsp3) is 0.400. The fourth-order valence-corrected chi connectivity index (χ4v) is 8.42. The molecule has 0 saturated carbocycles. The normalized spacial score (nSPS) is 19.8. The summed E-state index contributed by atoms with van der Waals surface area (Å²) in [4.78, 5) is 27.9. The lowest BCUT2D eigenvalue weighted by molar-refractivity contribution is -0.144. The predicted molar refractivity (Wildman–Crippen MR) is 202 cm³/mol. The molecule has 3 N–H and O–H groups in total. The van der Waals surface area contributed by atoms with E-state index in [0.29, 0.717) is 81.6 Å². The highest BCUT2D eigenvalue weighted by Gasteiger charge is 2.41. The van der Waals surface area contributed by atoms with Gasteiger partial charge in [-0.05, 0) is 55.0 Å². The Labute approximate surface area is 334 Å². The zero-order valence-electron chi connectivity index (χ0n) is 31.2. The van der Waals surface area contributed by atoms with Gasteiger partial charge >= 0.3 is 12.1 Å². The lowest BCUT2D eigenvalue weighted by Gasteiger charge is -2.21. The van der Waals surface area contributed by atoms with E-state index in [1.165, 1.54) is 13.3 Å². The van der Waals surface area contributed by atoms with Gasteiger partial charge in [-0.1, -0.05) is 41.9 Å². The molecule has 2 saturated heterocycles. The second-order valence-electron chi connectivity index (χ2n) is 14.7. The number of hydrogen-bond donors (Lipinski definition) is 3. The number of methoxy groups -OCH3 is 1. The number of aliphatic hydroxyl groups is 1. The molecular weight excluding hydrogens is 781 g/mol. The molecule has 2 aromatic carbocycles. The minimum atomic E-state index is -4.87. The number of alkyl halides is 3. The molecule has 3 aromatic heterocycles. The molecule has 0 unspecified atom stereocenters. The Balaban J connectivity index is 1.08. The third kappa shape index (κ3) is 7.48. The Morgan fingerprint density at radius 1 is 1.03 bits per heavy atom. The predicted octanol–water partition coefficient (Wildman–Crippen LogP) is 5.82. The first-order valence-electron chi connectivity index (χ1n) is 18.8. The van der Waals surface area contributed by atoms with Crippen LogP contribution in [0, 0.1) is 22.7 Å². The van der Waals surface area contributed by atoms with E-state index in [4.69, 9.17) is 30.9 Å². The molecule has 302 valence electrons. The van der Waals surface area contributed by atoms with Crippen molar-refractivity contribution in [3.8, 4) is 40.4 Å². The number of oxazole rings is 1. The summed E-state index contributed by atoms with van der Waals surface area (Å²) < 4.78 is 62.4. The van der Waals surface area contributed by atoms with Gasteiger partial charge in [0, 0.05) is 51.0 Å². The van der Waals surface area contributed by atoms with Crippen LogP contribution in [0.5, 0.6) is 11.8 Å². The van der Waals surface area contributed by atoms with E-state index < -0.39 is 41.8 Å². The highest BCUT2D eigenvalue weighted by Crippen LogP contribution is 2.45. The number of nitrogens with one attached hydrogen (secondary N) is 1. The number of nitrogens with zero attached hydrogens (tertiary/aromatic N) is 7. The number of ether oxygens (including phenoxy) is 2. The summed E-state index contributed by atoms with van der Waals surface area (Å²) in [5.74, 6) is -1.95. The fourth-order valence-electron chi connectivity index (χ4n) is 8.11. The first kappa shape index (κ1) is 39.3. The zero-order valence-corrected chi connectivity index (χ0v) is 32.0. The van der Waals surface area contributed by atoms with Crippen LogP contribution in [0.15, 0.2) is 47.0 Å². The number of carbonyl (C=O) groups is 1. The van der Waals surface area contributed by atoms with E-state index in [-0.39, 0.29) is 51.2 Å². The van der Waals surface area contributed by atoms with Gasteiger partial charge in [0.05, 0.1) is 29.7 Å². The molecule has 18 heteroatoms. The Hall–Kier alpha value is -5.54. The number of aliphatic hydroxyl groups excluding tert-OH is 1. The average Bonchev–Trinajstić information content (AvgIpc) is 4.02. The Kier molecular flexibility index (Phi) is 10.6. The van der Waals surface area contributed by atoms with Crippen molar-refractivity contribution in [3.63, 3.8) is 0 Å². The van der Waals surface area contributed by atoms with Crippen LogP contribution >= 0.6 is 11.6 Å². The molecule has 0 amide bonds. The van der Waals surface area contributed by atoms with Crippen LogP contribution in [0.3, 0.4) is 0 Å². The maximum Gasteiger partial charge on any atom is 0.438 e. The van der Waals surface area contributed by atoms with Gasteiger partial charge in [0.2, 0.25) is 23.3 Å². The molecule has 1 aliphatic carbocycles. The van der Waals surface area contributed by atoms with Gasteiger partial charge in [0.1, 0.15) is 23.4 Å². The largest absolute Gasteiger partial charge is 0.481 e. The van der Waals surface area contributed by atoms with Gasteiger partial charge in [0.25, 0.3) is 0 Å². The molecule has 3 atom stereocenters. The van der Waals surface area contributed by atoms with Gasteiger partial charge in [-0.2, -0.15) is 23.4 Å². The molecule has 2 aliphatic heterocycles. The van der Waals surface area contributed by atoms with Crippen LogP contribution < -0.4 is 15.0 Å². The number of halogens is 4. The third-order valence-corrected chi connectivity index (χ3v) is 11.4. The van der Waals surface area contributed by atoms with Gasteiger partial charge in [0.15, 0.2) is 16.6 Å². The maximum atomic E-state index is 14.4. The van der Waals surface area contributed by atoms with Crippen molar-refractivity contribution in [1.29, 1.82) is 10.7 Å². The number of aromatic nitrogens is 4. The van der Waals surface area contributed by atoms with Gasteiger partial charge < -0.3 is 33.6 Å². The number of β-amino-alcohol motifs (C(OH)–C–C–N with tert-alkyl or cyclic N) is 1. The first-order valence-corrected chi connectivity index (χ1v) is 19.1. The van der Waals surface area contributed by atoms with Gasteiger partial charge in [-0.25, -0.2) is 9.97 Å². The quantitative estimate of drug-likeness (QED) is 0.145. The number of pyridine rings is 1. The number of benzene rings is 2. The summed E-state index contributed by atoms with van der Waals surface area (Å²) in [6.45, 7) is 2.71. The molecule has 2 fully saturated rings. The number of carboxylic acids is 1. The lowest BCUT2D eigenvalue weighted by Crippen LogP contribution is -2.30. The lowest BCUT2D eigenvalue weighted by atomic mass is 9.95. The summed E-state index contributed by atoms with van der Waals surface area (Å²) in [6, 6.07) is 12.9. The number of carboxylic acid groups (broad SMARTS) is 1. The summed E-state index contributed by atoms with van der Waals surface area (Å²) in [5.41, 5.74) is 2.48. The van der Waals surface area contributed by atoms with Crippen molar-refractivity contribution in [1.82, 2.24) is 29.3 Å². The van der Waals surface area contributed by atoms with Crippen molar-refractivity contribution in [2.75, 3.05) is 39.8 Å². The van der Waals surface area contributed by atoms with E-state index in [1.54, 1.807) is 33.7 Å². The second-order valence-corrected chi connectivity index (χ2v) is 15.1. The maximum absolute atomic E-state index is 14.4.